The van der Waals surface area contributed by atoms with Gasteiger partial charge in [-0.3, -0.25) is 4.79 Å². The van der Waals surface area contributed by atoms with E-state index in [-0.39, 0.29) is 12.5 Å². The molecule has 5 nitrogen and oxygen atoms in total. The van der Waals surface area contributed by atoms with Crippen LogP contribution in [0.4, 0.5) is 5.82 Å². The van der Waals surface area contributed by atoms with E-state index in [1.807, 2.05) is 26.0 Å². The summed E-state index contributed by atoms with van der Waals surface area (Å²) in [5.41, 5.74) is 0. The van der Waals surface area contributed by atoms with Crippen molar-refractivity contribution in [2.75, 3.05) is 25.0 Å². The Kier molecular flexibility index (Phi) is 6.61. The molecule has 2 N–H and O–H groups in total. The fourth-order valence-corrected chi connectivity index (χ4v) is 1.34. The molecule has 18 heavy (non-hydrogen) atoms. The Morgan fingerprint density at radius 1 is 1.39 bits per heavy atom. The zero-order valence-corrected chi connectivity index (χ0v) is 11.0. The molecule has 1 amide bonds. The Morgan fingerprint density at radius 2 is 2.22 bits per heavy atom. The lowest BCUT2D eigenvalue weighted by Crippen LogP contribution is -2.30. The van der Waals surface area contributed by atoms with Crippen LogP contribution in [0.15, 0.2) is 18.3 Å². The Labute approximate surface area is 108 Å². The first-order valence-electron chi connectivity index (χ1n) is 6.36. The fourth-order valence-electron chi connectivity index (χ4n) is 1.34. The van der Waals surface area contributed by atoms with Gasteiger partial charge in [0.25, 0.3) is 0 Å². The summed E-state index contributed by atoms with van der Waals surface area (Å²) >= 11 is 0. The highest BCUT2D eigenvalue weighted by atomic mass is 16.5. The molecule has 5 heteroatoms. The second-order valence-corrected chi connectivity index (χ2v) is 3.90. The van der Waals surface area contributed by atoms with Crippen molar-refractivity contribution in [3.8, 4) is 5.75 Å². The molecule has 1 rings (SSSR count). The van der Waals surface area contributed by atoms with Crippen LogP contribution >= 0.6 is 0 Å². The number of carbonyl (C=O) groups is 1. The third kappa shape index (κ3) is 5.03. The van der Waals surface area contributed by atoms with Gasteiger partial charge in [-0.25, -0.2) is 4.98 Å². The average Bonchev–Trinajstić information content (AvgIpc) is 2.41. The summed E-state index contributed by atoms with van der Waals surface area (Å²) in [6.07, 6.45) is 3.54. The lowest BCUT2D eigenvalue weighted by molar-refractivity contribution is -0.119. The smallest absolute Gasteiger partial charge is 0.239 e. The largest absolute Gasteiger partial charge is 0.490 e. The van der Waals surface area contributed by atoms with Gasteiger partial charge in [0.05, 0.1) is 13.2 Å². The highest BCUT2D eigenvalue weighted by Crippen LogP contribution is 2.20. The third-order valence-electron chi connectivity index (χ3n) is 2.22. The van der Waals surface area contributed by atoms with E-state index in [0.29, 0.717) is 24.7 Å². The molecule has 0 aliphatic carbocycles. The second kappa shape index (κ2) is 8.33. The van der Waals surface area contributed by atoms with Crippen LogP contribution in [0, 0.1) is 0 Å². The summed E-state index contributed by atoms with van der Waals surface area (Å²) in [6.45, 7) is 5.61. The molecule has 1 aromatic rings. The molecule has 0 unspecified atom stereocenters. The maximum atomic E-state index is 11.5. The van der Waals surface area contributed by atoms with E-state index in [0.717, 1.165) is 12.8 Å². The highest BCUT2D eigenvalue weighted by Gasteiger charge is 2.06. The second-order valence-electron chi connectivity index (χ2n) is 3.90. The van der Waals surface area contributed by atoms with Crippen LogP contribution < -0.4 is 15.4 Å². The normalized spacial score (nSPS) is 9.89. The van der Waals surface area contributed by atoms with E-state index in [1.54, 1.807) is 6.20 Å². The maximum Gasteiger partial charge on any atom is 0.239 e. The Bertz CT molecular complexity index is 369. The quantitative estimate of drug-likeness (QED) is 0.739. The lowest BCUT2D eigenvalue weighted by Gasteiger charge is -2.11. The minimum atomic E-state index is -0.0380. The zero-order valence-electron chi connectivity index (χ0n) is 11.0. The van der Waals surface area contributed by atoms with Gasteiger partial charge < -0.3 is 15.4 Å². The van der Waals surface area contributed by atoms with E-state index in [9.17, 15) is 4.79 Å². The van der Waals surface area contributed by atoms with Crippen LogP contribution in [-0.4, -0.2) is 30.6 Å². The number of aromatic nitrogens is 1. The number of nitrogens with one attached hydrogen (secondary N) is 2. The van der Waals surface area contributed by atoms with Crippen LogP contribution in [0.1, 0.15) is 26.7 Å². The molecular formula is C13H21N3O2. The number of carbonyl (C=O) groups excluding carboxylic acids is 1. The Morgan fingerprint density at radius 3 is 2.94 bits per heavy atom. The highest BCUT2D eigenvalue weighted by molar-refractivity contribution is 5.80. The van der Waals surface area contributed by atoms with Gasteiger partial charge in [-0.05, 0) is 25.0 Å². The van der Waals surface area contributed by atoms with Gasteiger partial charge in [0, 0.05) is 12.7 Å². The lowest BCUT2D eigenvalue weighted by atomic mass is 10.4. The summed E-state index contributed by atoms with van der Waals surface area (Å²) in [7, 11) is 0. The molecule has 0 fully saturated rings. The molecule has 0 atom stereocenters. The third-order valence-corrected chi connectivity index (χ3v) is 2.22. The van der Waals surface area contributed by atoms with Gasteiger partial charge in [0.1, 0.15) is 0 Å². The number of nitrogens with zero attached hydrogens (tertiary/aromatic N) is 1. The minimum Gasteiger partial charge on any atom is -0.490 e. The number of hydrogen-bond acceptors (Lipinski definition) is 4. The number of amides is 1. The summed E-state index contributed by atoms with van der Waals surface area (Å²) in [5, 5.41) is 5.78. The molecule has 0 aromatic carbocycles. The first-order valence-corrected chi connectivity index (χ1v) is 6.36. The van der Waals surface area contributed by atoms with Crippen molar-refractivity contribution in [2.45, 2.75) is 26.7 Å². The number of anilines is 1. The molecule has 0 aliphatic heterocycles. The van der Waals surface area contributed by atoms with Crippen molar-refractivity contribution in [3.05, 3.63) is 18.3 Å². The van der Waals surface area contributed by atoms with Crippen molar-refractivity contribution in [3.63, 3.8) is 0 Å². The van der Waals surface area contributed by atoms with E-state index in [1.165, 1.54) is 0 Å². The van der Waals surface area contributed by atoms with E-state index in [2.05, 4.69) is 15.6 Å². The zero-order chi connectivity index (χ0) is 13.2. The summed E-state index contributed by atoms with van der Waals surface area (Å²) in [5.74, 6) is 1.25. The molecule has 0 saturated heterocycles. The molecule has 0 radical (unpaired) electrons. The van der Waals surface area contributed by atoms with Crippen LogP contribution in [0.3, 0.4) is 0 Å². The molecule has 100 valence electrons. The van der Waals surface area contributed by atoms with Gasteiger partial charge in [-0.2, -0.15) is 0 Å². The number of rotatable bonds is 8. The summed E-state index contributed by atoms with van der Waals surface area (Å²) in [4.78, 5) is 15.6. The average molecular weight is 251 g/mol. The summed E-state index contributed by atoms with van der Waals surface area (Å²) in [6, 6.07) is 3.66. The predicted octanol–water partition coefficient (Wildman–Crippen LogP) is 1.81. The van der Waals surface area contributed by atoms with Crippen molar-refractivity contribution in [2.24, 2.45) is 0 Å². The summed E-state index contributed by atoms with van der Waals surface area (Å²) < 4.78 is 5.54. The van der Waals surface area contributed by atoms with Crippen LogP contribution in [0.25, 0.3) is 0 Å². The van der Waals surface area contributed by atoms with Gasteiger partial charge in [0.15, 0.2) is 11.6 Å². The monoisotopic (exact) mass is 251 g/mol. The molecule has 0 aliphatic rings. The fraction of sp³-hybridized carbons (Fsp3) is 0.538. The number of pyridine rings is 1. The predicted molar refractivity (Wildman–Crippen MR) is 71.8 cm³/mol. The van der Waals surface area contributed by atoms with Crippen molar-refractivity contribution in [1.82, 2.24) is 10.3 Å². The number of ether oxygens (including phenoxy) is 1. The van der Waals surface area contributed by atoms with E-state index in [4.69, 9.17) is 4.74 Å². The van der Waals surface area contributed by atoms with Crippen molar-refractivity contribution >= 4 is 11.7 Å². The van der Waals surface area contributed by atoms with Gasteiger partial charge in [-0.1, -0.05) is 13.8 Å². The van der Waals surface area contributed by atoms with Gasteiger partial charge in [-0.15, -0.1) is 0 Å². The van der Waals surface area contributed by atoms with Gasteiger partial charge in [0.2, 0.25) is 5.91 Å². The Balaban J connectivity index is 2.47. The maximum absolute atomic E-state index is 11.5. The first-order chi connectivity index (χ1) is 8.77. The van der Waals surface area contributed by atoms with Gasteiger partial charge >= 0.3 is 0 Å². The SMILES string of the molecule is CCCNC(=O)CNc1ncccc1OCCC. The van der Waals surface area contributed by atoms with E-state index < -0.39 is 0 Å². The molecular weight excluding hydrogens is 230 g/mol. The molecule has 0 saturated carbocycles. The molecule has 0 bridgehead atoms. The van der Waals surface area contributed by atoms with E-state index >= 15 is 0 Å². The van der Waals surface area contributed by atoms with Crippen LogP contribution in [-0.2, 0) is 4.79 Å². The molecule has 1 heterocycles. The molecule has 1 aromatic heterocycles. The van der Waals surface area contributed by atoms with Crippen LogP contribution in [0.5, 0.6) is 5.75 Å². The van der Waals surface area contributed by atoms with Crippen molar-refractivity contribution in [1.29, 1.82) is 0 Å². The first kappa shape index (κ1) is 14.3. The Hall–Kier alpha value is -1.78. The minimum absolute atomic E-state index is 0.0380. The van der Waals surface area contributed by atoms with Crippen molar-refractivity contribution < 1.29 is 9.53 Å². The number of hydrogen-bond donors (Lipinski definition) is 2. The standard InChI is InChI=1S/C13H21N3O2/c1-3-7-14-12(17)10-16-13-11(18-9-4-2)6-5-8-15-13/h5-6,8H,3-4,7,9-10H2,1-2H3,(H,14,17)(H,15,16). The molecule has 0 spiro atoms. The van der Waals surface area contributed by atoms with Crippen LogP contribution in [0.2, 0.25) is 0 Å². The topological polar surface area (TPSA) is 63.2 Å².